The zero-order chi connectivity index (χ0) is 14.7. The van der Waals surface area contributed by atoms with Crippen molar-refractivity contribution in [1.82, 2.24) is 0 Å². The van der Waals surface area contributed by atoms with Gasteiger partial charge >= 0.3 is 5.97 Å². The number of rotatable bonds is 4. The number of anilines is 1. The van der Waals surface area contributed by atoms with Crippen LogP contribution in [0.3, 0.4) is 0 Å². The van der Waals surface area contributed by atoms with Crippen LogP contribution in [0.5, 0.6) is 0 Å². The molecule has 2 rings (SSSR count). The lowest BCUT2D eigenvalue weighted by Crippen LogP contribution is -2.19. The fourth-order valence-corrected chi connectivity index (χ4v) is 1.91. The van der Waals surface area contributed by atoms with Gasteiger partial charge in [-0.15, -0.1) is 0 Å². The molecule has 2 aromatic rings. The van der Waals surface area contributed by atoms with Crippen LogP contribution >= 0.6 is 0 Å². The predicted molar refractivity (Wildman–Crippen MR) is 71.9 cm³/mol. The molecule has 0 bridgehead atoms. The lowest BCUT2D eigenvalue weighted by atomic mass is 10.1. The van der Waals surface area contributed by atoms with Crippen LogP contribution in [0.4, 0.5) is 14.5 Å². The van der Waals surface area contributed by atoms with Crippen LogP contribution in [0.25, 0.3) is 0 Å². The maximum Gasteiger partial charge on any atom is 0.335 e. The van der Waals surface area contributed by atoms with Gasteiger partial charge in [0.05, 0.1) is 11.3 Å². The molecular formula is C15H13F2NO2. The zero-order valence-corrected chi connectivity index (χ0v) is 10.8. The van der Waals surface area contributed by atoms with E-state index < -0.39 is 11.8 Å². The molecule has 2 aromatic carbocycles. The number of carboxylic acids is 1. The van der Waals surface area contributed by atoms with Crippen LogP contribution in [-0.4, -0.2) is 18.1 Å². The molecule has 0 aliphatic carbocycles. The highest BCUT2D eigenvalue weighted by atomic mass is 19.1. The second-order valence-corrected chi connectivity index (χ2v) is 4.42. The Labute approximate surface area is 115 Å². The Bertz CT molecular complexity index is 644. The van der Waals surface area contributed by atoms with Crippen molar-refractivity contribution in [3.8, 4) is 0 Å². The standard InChI is InChI=1S/C15H13F2NO2/c1-18(9-11-4-2-3-5-12(11)16)14-8-10(15(19)20)6-7-13(14)17/h2-8H,9H2,1H3,(H,19,20). The van der Waals surface area contributed by atoms with Crippen molar-refractivity contribution in [1.29, 1.82) is 0 Å². The van der Waals surface area contributed by atoms with E-state index in [2.05, 4.69) is 0 Å². The molecule has 0 saturated heterocycles. The summed E-state index contributed by atoms with van der Waals surface area (Å²) in [5.74, 6) is -2.06. The third-order valence-corrected chi connectivity index (χ3v) is 2.97. The third kappa shape index (κ3) is 2.93. The molecule has 3 nitrogen and oxygen atoms in total. The Kier molecular flexibility index (Phi) is 3.98. The minimum absolute atomic E-state index is 0.0122. The molecule has 0 unspecified atom stereocenters. The number of hydrogen-bond donors (Lipinski definition) is 1. The van der Waals surface area contributed by atoms with E-state index in [4.69, 9.17) is 5.11 Å². The van der Waals surface area contributed by atoms with Gasteiger partial charge in [0.2, 0.25) is 0 Å². The number of carbonyl (C=O) groups is 1. The van der Waals surface area contributed by atoms with Gasteiger partial charge < -0.3 is 10.0 Å². The van der Waals surface area contributed by atoms with Crippen molar-refractivity contribution in [2.45, 2.75) is 6.54 Å². The summed E-state index contributed by atoms with van der Waals surface area (Å²) in [6.07, 6.45) is 0. The molecule has 0 fully saturated rings. The normalized spacial score (nSPS) is 10.3. The average Bonchev–Trinajstić information content (AvgIpc) is 2.41. The summed E-state index contributed by atoms with van der Waals surface area (Å²) in [6, 6.07) is 9.71. The Morgan fingerprint density at radius 3 is 2.50 bits per heavy atom. The maximum atomic E-state index is 13.8. The van der Waals surface area contributed by atoms with Gasteiger partial charge in [0.1, 0.15) is 11.6 Å². The summed E-state index contributed by atoms with van der Waals surface area (Å²) < 4.78 is 27.3. The van der Waals surface area contributed by atoms with Crippen LogP contribution in [0.15, 0.2) is 42.5 Å². The maximum absolute atomic E-state index is 13.8. The molecule has 0 spiro atoms. The van der Waals surface area contributed by atoms with Crippen LogP contribution in [0.2, 0.25) is 0 Å². The molecule has 0 saturated carbocycles. The van der Waals surface area contributed by atoms with Crippen molar-refractivity contribution < 1.29 is 18.7 Å². The second-order valence-electron chi connectivity index (χ2n) is 4.42. The van der Waals surface area contributed by atoms with E-state index in [1.165, 1.54) is 23.1 Å². The molecule has 5 heteroatoms. The van der Waals surface area contributed by atoms with Gasteiger partial charge in [-0.05, 0) is 24.3 Å². The molecule has 0 radical (unpaired) electrons. The van der Waals surface area contributed by atoms with E-state index >= 15 is 0 Å². The van der Waals surface area contributed by atoms with Gasteiger partial charge in [-0.2, -0.15) is 0 Å². The monoisotopic (exact) mass is 277 g/mol. The van der Waals surface area contributed by atoms with Crippen molar-refractivity contribution in [3.05, 3.63) is 65.2 Å². The lowest BCUT2D eigenvalue weighted by molar-refractivity contribution is 0.0697. The van der Waals surface area contributed by atoms with E-state index in [1.807, 2.05) is 0 Å². The first-order chi connectivity index (χ1) is 9.49. The lowest BCUT2D eigenvalue weighted by Gasteiger charge is -2.20. The molecule has 0 heterocycles. The molecular weight excluding hydrogens is 264 g/mol. The summed E-state index contributed by atoms with van der Waals surface area (Å²) in [5.41, 5.74) is 0.519. The third-order valence-electron chi connectivity index (χ3n) is 2.97. The molecule has 0 aromatic heterocycles. The van der Waals surface area contributed by atoms with Crippen molar-refractivity contribution in [2.75, 3.05) is 11.9 Å². The molecule has 0 aliphatic heterocycles. The van der Waals surface area contributed by atoms with Crippen LogP contribution in [0, 0.1) is 11.6 Å². The second kappa shape index (κ2) is 5.69. The number of hydrogen-bond acceptors (Lipinski definition) is 2. The highest BCUT2D eigenvalue weighted by Gasteiger charge is 2.13. The van der Waals surface area contributed by atoms with Gasteiger partial charge in [-0.1, -0.05) is 18.2 Å². The summed E-state index contributed by atoms with van der Waals surface area (Å²) in [7, 11) is 1.58. The summed E-state index contributed by atoms with van der Waals surface area (Å²) in [4.78, 5) is 12.4. The minimum atomic E-state index is -1.13. The van der Waals surface area contributed by atoms with Crippen LogP contribution < -0.4 is 4.90 Å². The van der Waals surface area contributed by atoms with E-state index in [0.717, 1.165) is 6.07 Å². The summed E-state index contributed by atoms with van der Waals surface area (Å²) in [6.45, 7) is 0.146. The van der Waals surface area contributed by atoms with E-state index in [1.54, 1.807) is 25.2 Å². The summed E-state index contributed by atoms with van der Waals surface area (Å²) >= 11 is 0. The first kappa shape index (κ1) is 14.0. The SMILES string of the molecule is CN(Cc1ccccc1F)c1cc(C(=O)O)ccc1F. The smallest absolute Gasteiger partial charge is 0.335 e. The number of carboxylic acid groups (broad SMARTS) is 1. The molecule has 0 amide bonds. The number of nitrogens with zero attached hydrogens (tertiary/aromatic N) is 1. The van der Waals surface area contributed by atoms with Crippen molar-refractivity contribution in [2.24, 2.45) is 0 Å². The van der Waals surface area contributed by atoms with Crippen LogP contribution in [-0.2, 0) is 6.54 Å². The molecule has 0 atom stereocenters. The van der Waals surface area contributed by atoms with Gasteiger partial charge in [-0.25, -0.2) is 13.6 Å². The van der Waals surface area contributed by atoms with Gasteiger partial charge in [0.25, 0.3) is 0 Å². The highest BCUT2D eigenvalue weighted by molar-refractivity contribution is 5.88. The van der Waals surface area contributed by atoms with Gasteiger partial charge in [0, 0.05) is 19.2 Å². The molecule has 20 heavy (non-hydrogen) atoms. The zero-order valence-electron chi connectivity index (χ0n) is 10.8. The Morgan fingerprint density at radius 1 is 1.15 bits per heavy atom. The molecule has 0 aliphatic rings. The van der Waals surface area contributed by atoms with Crippen molar-refractivity contribution >= 4 is 11.7 Å². The van der Waals surface area contributed by atoms with Crippen molar-refractivity contribution in [3.63, 3.8) is 0 Å². The fourth-order valence-electron chi connectivity index (χ4n) is 1.91. The summed E-state index contributed by atoms with van der Waals surface area (Å²) in [5, 5.41) is 8.91. The van der Waals surface area contributed by atoms with E-state index in [9.17, 15) is 13.6 Å². The molecule has 1 N–H and O–H groups in total. The Balaban J connectivity index is 2.29. The first-order valence-corrected chi connectivity index (χ1v) is 5.96. The molecule has 104 valence electrons. The van der Waals surface area contributed by atoms with Crippen LogP contribution in [0.1, 0.15) is 15.9 Å². The predicted octanol–water partition coefficient (Wildman–Crippen LogP) is 3.30. The average molecular weight is 277 g/mol. The minimum Gasteiger partial charge on any atom is -0.478 e. The Hall–Kier alpha value is -2.43. The van der Waals surface area contributed by atoms with Gasteiger partial charge in [0.15, 0.2) is 0 Å². The Morgan fingerprint density at radius 2 is 1.85 bits per heavy atom. The van der Waals surface area contributed by atoms with E-state index in [0.29, 0.717) is 5.56 Å². The number of halogens is 2. The quantitative estimate of drug-likeness (QED) is 0.932. The van der Waals surface area contributed by atoms with Gasteiger partial charge in [-0.3, -0.25) is 0 Å². The number of aromatic carboxylic acids is 1. The largest absolute Gasteiger partial charge is 0.478 e. The highest BCUT2D eigenvalue weighted by Crippen LogP contribution is 2.22. The topological polar surface area (TPSA) is 40.5 Å². The fraction of sp³-hybridized carbons (Fsp3) is 0.133. The number of benzene rings is 2. The first-order valence-electron chi connectivity index (χ1n) is 5.96. The van der Waals surface area contributed by atoms with E-state index in [-0.39, 0.29) is 23.6 Å².